The molecule has 7 nitrogen and oxygen atoms in total. The van der Waals surface area contributed by atoms with Crippen LogP contribution in [0, 0.1) is 0 Å². The Morgan fingerprint density at radius 2 is 2.04 bits per heavy atom. The van der Waals surface area contributed by atoms with Crippen LogP contribution in [-0.2, 0) is 14.6 Å². The monoisotopic (exact) mass is 448 g/mol. The molecule has 0 saturated heterocycles. The minimum Gasteiger partial charge on any atom is -0.504 e. The summed E-state index contributed by atoms with van der Waals surface area (Å²) in [4.78, 5) is 11.8. The number of hydrogen-bond donors (Lipinski definition) is 3. The minimum atomic E-state index is -3.87. The molecule has 2 aliphatic carbocycles. The molecule has 3 N–H and O–H groups in total. The fraction of sp³-hybridized carbons (Fsp3) is 0.500. The molecule has 154 valence electrons. The number of urea groups is 1. The first-order chi connectivity index (χ1) is 13.2. The highest BCUT2D eigenvalue weighted by atomic mass is 35.5. The molecule has 0 unspecified atom stereocenters. The number of rotatable bonds is 6. The van der Waals surface area contributed by atoms with Gasteiger partial charge in [0.05, 0.1) is 28.1 Å². The third-order valence-electron chi connectivity index (χ3n) is 4.94. The molecule has 2 amide bonds. The van der Waals surface area contributed by atoms with Crippen LogP contribution < -0.4 is 10.6 Å². The summed E-state index contributed by atoms with van der Waals surface area (Å²) >= 11 is 12.1. The molecule has 28 heavy (non-hydrogen) atoms. The van der Waals surface area contributed by atoms with Crippen molar-refractivity contribution in [2.24, 2.45) is 0 Å². The van der Waals surface area contributed by atoms with Crippen LogP contribution >= 0.6 is 23.2 Å². The number of carbonyl (C=O) groups is 1. The van der Waals surface area contributed by atoms with Crippen LogP contribution in [0.15, 0.2) is 28.1 Å². The number of allylic oxidation sites excluding steroid dienone is 1. The lowest BCUT2D eigenvalue weighted by Gasteiger charge is -2.34. The third kappa shape index (κ3) is 4.25. The van der Waals surface area contributed by atoms with Gasteiger partial charge in [-0.25, -0.2) is 13.2 Å². The van der Waals surface area contributed by atoms with Crippen molar-refractivity contribution in [3.8, 4) is 5.75 Å². The van der Waals surface area contributed by atoms with E-state index in [9.17, 15) is 18.3 Å². The molecule has 0 aliphatic heterocycles. The van der Waals surface area contributed by atoms with Gasteiger partial charge >= 0.3 is 6.03 Å². The van der Waals surface area contributed by atoms with Gasteiger partial charge in [-0.1, -0.05) is 29.3 Å². The second kappa shape index (κ2) is 8.49. The van der Waals surface area contributed by atoms with E-state index in [-0.39, 0.29) is 27.8 Å². The molecule has 1 fully saturated rings. The molecule has 10 heteroatoms. The van der Waals surface area contributed by atoms with Gasteiger partial charge in [0.25, 0.3) is 0 Å². The summed E-state index contributed by atoms with van der Waals surface area (Å²) in [6.07, 6.45) is 3.85. The Bertz CT molecular complexity index is 897. The van der Waals surface area contributed by atoms with Gasteiger partial charge in [-0.2, -0.15) is 0 Å². The van der Waals surface area contributed by atoms with E-state index < -0.39 is 26.9 Å². The fourth-order valence-electron chi connectivity index (χ4n) is 3.35. The van der Waals surface area contributed by atoms with E-state index in [0.29, 0.717) is 30.9 Å². The van der Waals surface area contributed by atoms with Gasteiger partial charge in [0.15, 0.2) is 15.6 Å². The molecule has 3 rings (SSSR count). The molecule has 0 spiro atoms. The van der Waals surface area contributed by atoms with Crippen LogP contribution in [0.25, 0.3) is 0 Å². The average molecular weight is 449 g/mol. The molecular formula is C18H22Cl2N2O5S. The van der Waals surface area contributed by atoms with Gasteiger partial charge in [0, 0.05) is 11.6 Å². The summed E-state index contributed by atoms with van der Waals surface area (Å²) in [5, 5.41) is 15.5. The molecule has 2 aliphatic rings. The van der Waals surface area contributed by atoms with Crippen LogP contribution in [-0.4, -0.2) is 43.6 Å². The number of phenols is 1. The molecule has 0 aromatic heterocycles. The third-order valence-corrected chi connectivity index (χ3v) is 8.03. The predicted octanol–water partition coefficient (Wildman–Crippen LogP) is 3.79. The number of carbonyl (C=O) groups excluding carboxylic acids is 1. The molecule has 1 aromatic carbocycles. The van der Waals surface area contributed by atoms with E-state index in [1.165, 1.54) is 12.1 Å². The van der Waals surface area contributed by atoms with Crippen molar-refractivity contribution in [2.75, 3.05) is 11.9 Å². The first-order valence-corrected chi connectivity index (χ1v) is 11.3. The topological polar surface area (TPSA) is 105 Å². The van der Waals surface area contributed by atoms with E-state index in [2.05, 4.69) is 10.6 Å². The van der Waals surface area contributed by atoms with Gasteiger partial charge in [-0.05, 0) is 44.7 Å². The lowest BCUT2D eigenvalue weighted by Crippen LogP contribution is -2.41. The first kappa shape index (κ1) is 21.2. The lowest BCUT2D eigenvalue weighted by molar-refractivity contribution is 0.0122. The van der Waals surface area contributed by atoms with Crippen molar-refractivity contribution >= 4 is 44.8 Å². The first-order valence-electron chi connectivity index (χ1n) is 9.04. The smallest absolute Gasteiger partial charge is 0.319 e. The molecule has 1 aromatic rings. The van der Waals surface area contributed by atoms with Gasteiger partial charge in [-0.15, -0.1) is 0 Å². The van der Waals surface area contributed by atoms with Crippen molar-refractivity contribution in [3.63, 3.8) is 0 Å². The Morgan fingerprint density at radius 3 is 2.64 bits per heavy atom. The van der Waals surface area contributed by atoms with E-state index in [1.54, 1.807) is 0 Å². The molecule has 0 heterocycles. The maximum absolute atomic E-state index is 12.9. The Hall–Kier alpha value is -1.48. The molecule has 1 saturated carbocycles. The summed E-state index contributed by atoms with van der Waals surface area (Å²) in [6.45, 7) is 2.36. The second-order valence-corrected chi connectivity index (χ2v) is 9.81. The summed E-state index contributed by atoms with van der Waals surface area (Å²) < 4.78 is 31.2. The number of aromatic hydroxyl groups is 1. The lowest BCUT2D eigenvalue weighted by atomic mass is 9.95. The second-order valence-electron chi connectivity index (χ2n) is 6.81. The highest BCUT2D eigenvalue weighted by Gasteiger charge is 2.42. The predicted molar refractivity (Wildman–Crippen MR) is 108 cm³/mol. The summed E-state index contributed by atoms with van der Waals surface area (Å²) in [5.41, 5.74) is -0.0424. The highest BCUT2D eigenvalue weighted by molar-refractivity contribution is 7.92. The Balaban J connectivity index is 1.76. The van der Waals surface area contributed by atoms with Crippen LogP contribution in [0.5, 0.6) is 5.75 Å². The maximum Gasteiger partial charge on any atom is 0.319 e. The Morgan fingerprint density at radius 1 is 1.32 bits per heavy atom. The van der Waals surface area contributed by atoms with Crippen molar-refractivity contribution in [1.29, 1.82) is 0 Å². The molecule has 1 atom stereocenters. The number of ether oxygens (including phenoxy) is 1. The number of benzene rings is 1. The zero-order valence-corrected chi connectivity index (χ0v) is 17.6. The fourth-order valence-corrected chi connectivity index (χ4v) is 6.09. The average Bonchev–Trinajstić information content (AvgIpc) is 2.97. The van der Waals surface area contributed by atoms with Gasteiger partial charge < -0.3 is 20.5 Å². The SMILES string of the molecule is CCO[C@H]1C[C@@H](S(=O)(=O)c2c(Cl)ccc(NC(=O)N[C@@H]3CCC=C3Cl)c2O)C1. The maximum atomic E-state index is 12.9. The summed E-state index contributed by atoms with van der Waals surface area (Å²) in [6, 6.07) is 1.79. The van der Waals surface area contributed by atoms with Crippen LogP contribution in [0.3, 0.4) is 0 Å². The van der Waals surface area contributed by atoms with Crippen molar-refractivity contribution in [1.82, 2.24) is 5.32 Å². The number of nitrogens with one attached hydrogen (secondary N) is 2. The summed E-state index contributed by atoms with van der Waals surface area (Å²) in [7, 11) is -3.87. The number of halogens is 2. The highest BCUT2D eigenvalue weighted by Crippen LogP contribution is 2.43. The van der Waals surface area contributed by atoms with E-state index in [1.807, 2.05) is 13.0 Å². The molecule has 0 radical (unpaired) electrons. The number of sulfone groups is 1. The molecule has 0 bridgehead atoms. The Kier molecular flexibility index (Phi) is 6.44. The largest absolute Gasteiger partial charge is 0.504 e. The van der Waals surface area contributed by atoms with Gasteiger partial charge in [-0.3, -0.25) is 0 Å². The van der Waals surface area contributed by atoms with E-state index in [0.717, 1.165) is 6.42 Å². The van der Waals surface area contributed by atoms with Crippen molar-refractivity contribution < 1.29 is 23.1 Å². The van der Waals surface area contributed by atoms with Crippen LogP contribution in [0.4, 0.5) is 10.5 Å². The minimum absolute atomic E-state index is 0.0424. The normalized spacial score (nSPS) is 24.4. The van der Waals surface area contributed by atoms with Crippen molar-refractivity contribution in [3.05, 3.63) is 28.3 Å². The summed E-state index contributed by atoms with van der Waals surface area (Å²) in [5.74, 6) is -0.574. The Labute approximate surface area is 174 Å². The molecular weight excluding hydrogens is 427 g/mol. The number of amides is 2. The number of anilines is 1. The van der Waals surface area contributed by atoms with Crippen molar-refractivity contribution in [2.45, 2.75) is 54.9 Å². The number of phenolic OH excluding ortho intramolecular Hbond substituents is 1. The standard InChI is InChI=1S/C18H22Cl2N2O5S/c1-2-27-10-8-11(9-10)28(25,26)17-13(20)6-7-15(16(17)23)22-18(24)21-14-5-3-4-12(14)19/h4,6-7,10-11,14,23H,2-3,5,8-9H2,1H3,(H2,21,22,24)/t10-,11+,14-/m1/s1. The van der Waals surface area contributed by atoms with Gasteiger partial charge in [0.1, 0.15) is 4.90 Å². The quantitative estimate of drug-likeness (QED) is 0.574. The van der Waals surface area contributed by atoms with Crippen LogP contribution in [0.1, 0.15) is 32.6 Å². The number of hydrogen-bond acceptors (Lipinski definition) is 5. The zero-order valence-electron chi connectivity index (χ0n) is 15.2. The zero-order chi connectivity index (χ0) is 20.5. The van der Waals surface area contributed by atoms with E-state index >= 15 is 0 Å². The van der Waals surface area contributed by atoms with Gasteiger partial charge in [0.2, 0.25) is 0 Å². The van der Waals surface area contributed by atoms with E-state index in [4.69, 9.17) is 27.9 Å². The van der Waals surface area contributed by atoms with Crippen LogP contribution in [0.2, 0.25) is 5.02 Å².